The summed E-state index contributed by atoms with van der Waals surface area (Å²) in [7, 11) is 0. The highest BCUT2D eigenvalue weighted by Crippen LogP contribution is 2.24. The summed E-state index contributed by atoms with van der Waals surface area (Å²) in [5.41, 5.74) is 2.39. The van der Waals surface area contributed by atoms with Gasteiger partial charge < -0.3 is 15.0 Å². The van der Waals surface area contributed by atoms with E-state index in [1.54, 1.807) is 0 Å². The predicted molar refractivity (Wildman–Crippen MR) is 69.7 cm³/mol. The van der Waals surface area contributed by atoms with Crippen LogP contribution in [0.5, 0.6) is 0 Å². The van der Waals surface area contributed by atoms with Crippen molar-refractivity contribution < 1.29 is 9.53 Å². The van der Waals surface area contributed by atoms with Gasteiger partial charge >= 0.3 is 6.09 Å². The first kappa shape index (κ1) is 11.4. The van der Waals surface area contributed by atoms with Crippen LogP contribution in [0.25, 0.3) is 0 Å². The van der Waals surface area contributed by atoms with Crippen LogP contribution in [-0.2, 0) is 4.74 Å². The third kappa shape index (κ3) is 2.28. The number of nitrogens with one attached hydrogen (secondary N) is 1. The lowest BCUT2D eigenvalue weighted by molar-refractivity contribution is 0.177. The number of hydrogen-bond donors (Lipinski definition) is 1. The van der Waals surface area contributed by atoms with Crippen molar-refractivity contribution in [3.8, 4) is 0 Å². The highest BCUT2D eigenvalue weighted by Gasteiger charge is 2.23. The summed E-state index contributed by atoms with van der Waals surface area (Å²) in [4.78, 5) is 13.4. The van der Waals surface area contributed by atoms with Crippen molar-refractivity contribution in [3.63, 3.8) is 0 Å². The molecule has 1 N–H and O–H groups in total. The average molecular weight is 246 g/mol. The minimum Gasteiger partial charge on any atom is -0.447 e. The van der Waals surface area contributed by atoms with Crippen LogP contribution in [-0.4, -0.2) is 25.8 Å². The molecule has 3 rings (SSSR count). The third-order valence-electron chi connectivity index (χ3n) is 3.69. The normalized spacial score (nSPS) is 23.7. The standard InChI is InChI=1S/C14H18N2O2/c17-14-15-13(10-18-14)11-4-6-12(7-5-11)16-8-2-1-3-9-16/h4-7,13H,1-3,8-10H2,(H,15,17). The number of rotatable bonds is 2. The summed E-state index contributed by atoms with van der Waals surface area (Å²) < 4.78 is 4.91. The van der Waals surface area contributed by atoms with E-state index in [1.807, 2.05) is 0 Å². The number of carbonyl (C=O) groups is 1. The number of carbonyl (C=O) groups excluding carboxylic acids is 1. The number of anilines is 1. The van der Waals surface area contributed by atoms with Crippen LogP contribution >= 0.6 is 0 Å². The lowest BCUT2D eigenvalue weighted by atomic mass is 10.1. The second kappa shape index (κ2) is 4.88. The van der Waals surface area contributed by atoms with Gasteiger partial charge in [0.15, 0.2) is 0 Å². The lowest BCUT2D eigenvalue weighted by Crippen LogP contribution is -2.29. The molecule has 18 heavy (non-hydrogen) atoms. The van der Waals surface area contributed by atoms with Gasteiger partial charge in [-0.3, -0.25) is 0 Å². The molecule has 2 fully saturated rings. The molecule has 2 saturated heterocycles. The number of cyclic esters (lactones) is 1. The van der Waals surface area contributed by atoms with Crippen LogP contribution in [0, 0.1) is 0 Å². The Morgan fingerprint density at radius 1 is 1.11 bits per heavy atom. The van der Waals surface area contributed by atoms with Crippen LogP contribution in [0.2, 0.25) is 0 Å². The monoisotopic (exact) mass is 246 g/mol. The van der Waals surface area contributed by atoms with Gasteiger partial charge in [-0.25, -0.2) is 4.79 Å². The molecule has 1 amide bonds. The van der Waals surface area contributed by atoms with Gasteiger partial charge in [-0.1, -0.05) is 12.1 Å². The van der Waals surface area contributed by atoms with Crippen molar-refractivity contribution in [3.05, 3.63) is 29.8 Å². The van der Waals surface area contributed by atoms with Gasteiger partial charge in [0, 0.05) is 18.8 Å². The summed E-state index contributed by atoms with van der Waals surface area (Å²) >= 11 is 0. The Kier molecular flexibility index (Phi) is 3.09. The molecule has 1 unspecified atom stereocenters. The summed E-state index contributed by atoms with van der Waals surface area (Å²) in [6, 6.07) is 8.47. The molecular weight excluding hydrogens is 228 g/mol. The molecule has 0 spiro atoms. The number of piperidine rings is 1. The van der Waals surface area contributed by atoms with Gasteiger partial charge in [0.25, 0.3) is 0 Å². The fourth-order valence-electron chi connectivity index (χ4n) is 2.63. The maximum atomic E-state index is 11.0. The van der Waals surface area contributed by atoms with E-state index in [0.717, 1.165) is 18.7 Å². The molecule has 2 heterocycles. The number of nitrogens with zero attached hydrogens (tertiary/aromatic N) is 1. The van der Waals surface area contributed by atoms with Crippen LogP contribution in [0.15, 0.2) is 24.3 Å². The second-order valence-electron chi connectivity index (χ2n) is 4.93. The van der Waals surface area contributed by atoms with E-state index < -0.39 is 0 Å². The maximum Gasteiger partial charge on any atom is 0.407 e. The van der Waals surface area contributed by atoms with E-state index in [-0.39, 0.29) is 12.1 Å². The van der Waals surface area contributed by atoms with Crippen LogP contribution in [0.4, 0.5) is 10.5 Å². The van der Waals surface area contributed by atoms with Crippen molar-refractivity contribution >= 4 is 11.8 Å². The summed E-state index contributed by atoms with van der Waals surface area (Å²) in [6.07, 6.45) is 3.60. The molecule has 4 heteroatoms. The van der Waals surface area contributed by atoms with Crippen LogP contribution in [0.1, 0.15) is 30.9 Å². The fourth-order valence-corrected chi connectivity index (χ4v) is 2.63. The Morgan fingerprint density at radius 2 is 1.83 bits per heavy atom. The molecule has 1 aromatic rings. The van der Waals surface area contributed by atoms with Gasteiger partial charge in [-0.2, -0.15) is 0 Å². The van der Waals surface area contributed by atoms with Crippen molar-refractivity contribution in [2.24, 2.45) is 0 Å². The molecule has 0 bridgehead atoms. The summed E-state index contributed by atoms with van der Waals surface area (Å²) in [5.74, 6) is 0. The number of alkyl carbamates (subject to hydrolysis) is 1. The number of amides is 1. The first-order valence-electron chi connectivity index (χ1n) is 6.61. The highest BCUT2D eigenvalue weighted by atomic mass is 16.6. The molecule has 4 nitrogen and oxygen atoms in total. The van der Waals surface area contributed by atoms with E-state index in [0.29, 0.717) is 6.61 Å². The molecule has 0 aliphatic carbocycles. The molecule has 1 aromatic carbocycles. The third-order valence-corrected chi connectivity index (χ3v) is 3.69. The zero-order valence-corrected chi connectivity index (χ0v) is 10.4. The zero-order chi connectivity index (χ0) is 12.4. The maximum absolute atomic E-state index is 11.0. The number of hydrogen-bond acceptors (Lipinski definition) is 3. The quantitative estimate of drug-likeness (QED) is 0.871. The Balaban J connectivity index is 1.70. The molecule has 96 valence electrons. The van der Waals surface area contributed by atoms with E-state index in [4.69, 9.17) is 4.74 Å². The van der Waals surface area contributed by atoms with Crippen LogP contribution in [0.3, 0.4) is 0 Å². The first-order valence-corrected chi connectivity index (χ1v) is 6.61. The molecule has 0 saturated carbocycles. The smallest absolute Gasteiger partial charge is 0.407 e. The molecule has 0 radical (unpaired) electrons. The minimum atomic E-state index is -0.319. The zero-order valence-electron chi connectivity index (χ0n) is 10.4. The fraction of sp³-hybridized carbons (Fsp3) is 0.500. The molecule has 2 aliphatic rings. The average Bonchev–Trinajstić information content (AvgIpc) is 2.87. The number of ether oxygens (including phenoxy) is 1. The lowest BCUT2D eigenvalue weighted by Gasteiger charge is -2.29. The van der Waals surface area contributed by atoms with Crippen molar-refractivity contribution in [1.82, 2.24) is 5.32 Å². The second-order valence-corrected chi connectivity index (χ2v) is 4.93. The summed E-state index contributed by atoms with van der Waals surface area (Å²) in [6.45, 7) is 2.74. The van der Waals surface area contributed by atoms with Crippen LogP contribution < -0.4 is 10.2 Å². The van der Waals surface area contributed by atoms with Crippen molar-refractivity contribution in [2.45, 2.75) is 25.3 Å². The van der Waals surface area contributed by atoms with E-state index in [1.165, 1.54) is 24.9 Å². The Morgan fingerprint density at radius 3 is 2.44 bits per heavy atom. The highest BCUT2D eigenvalue weighted by molar-refractivity contribution is 5.70. The van der Waals surface area contributed by atoms with E-state index in [2.05, 4.69) is 34.5 Å². The minimum absolute atomic E-state index is 0.00732. The molecule has 2 aliphatic heterocycles. The van der Waals surface area contributed by atoms with Crippen molar-refractivity contribution in [1.29, 1.82) is 0 Å². The molecular formula is C14H18N2O2. The Hall–Kier alpha value is -1.71. The molecule has 0 aromatic heterocycles. The first-order chi connectivity index (χ1) is 8.83. The Labute approximate surface area is 107 Å². The predicted octanol–water partition coefficient (Wildman–Crippen LogP) is 2.46. The van der Waals surface area contributed by atoms with Gasteiger partial charge in [-0.05, 0) is 37.0 Å². The van der Waals surface area contributed by atoms with Crippen molar-refractivity contribution in [2.75, 3.05) is 24.6 Å². The van der Waals surface area contributed by atoms with E-state index >= 15 is 0 Å². The Bertz CT molecular complexity index is 424. The summed E-state index contributed by atoms with van der Waals surface area (Å²) in [5, 5.41) is 2.79. The van der Waals surface area contributed by atoms with Gasteiger partial charge in [-0.15, -0.1) is 0 Å². The van der Waals surface area contributed by atoms with E-state index in [9.17, 15) is 4.79 Å². The van der Waals surface area contributed by atoms with Gasteiger partial charge in [0.2, 0.25) is 0 Å². The molecule has 1 atom stereocenters. The largest absolute Gasteiger partial charge is 0.447 e. The SMILES string of the molecule is O=C1NC(c2ccc(N3CCCCC3)cc2)CO1. The topological polar surface area (TPSA) is 41.6 Å². The van der Waals surface area contributed by atoms with Gasteiger partial charge in [0.1, 0.15) is 6.61 Å². The number of benzene rings is 1. The van der Waals surface area contributed by atoms with Gasteiger partial charge in [0.05, 0.1) is 6.04 Å².